The smallest absolute Gasteiger partial charge is 0.308 e. The van der Waals surface area contributed by atoms with Crippen LogP contribution in [0.1, 0.15) is 12.8 Å². The topological polar surface area (TPSA) is 102 Å². The average Bonchev–Trinajstić information content (AvgIpc) is 2.86. The van der Waals surface area contributed by atoms with Gasteiger partial charge in [-0.1, -0.05) is 11.6 Å². The van der Waals surface area contributed by atoms with Crippen LogP contribution in [0.15, 0.2) is 47.4 Å². The van der Waals surface area contributed by atoms with E-state index in [9.17, 15) is 18.0 Å². The summed E-state index contributed by atoms with van der Waals surface area (Å²) in [5.74, 6) is -0.315. The number of carbonyl (C=O) groups excluding carboxylic acids is 2. The predicted molar refractivity (Wildman–Crippen MR) is 127 cm³/mol. The minimum atomic E-state index is -4.15. The zero-order valence-electron chi connectivity index (χ0n) is 19.2. The molecular weight excluding hydrogens is 484 g/mol. The minimum Gasteiger partial charge on any atom is -0.493 e. The molecule has 2 aromatic rings. The van der Waals surface area contributed by atoms with Crippen LogP contribution in [0.5, 0.6) is 11.5 Å². The van der Waals surface area contributed by atoms with Crippen molar-refractivity contribution < 1.29 is 32.2 Å². The number of esters is 1. The van der Waals surface area contributed by atoms with E-state index in [0.29, 0.717) is 36.7 Å². The van der Waals surface area contributed by atoms with Gasteiger partial charge in [-0.15, -0.1) is 0 Å². The molecule has 1 fully saturated rings. The molecule has 34 heavy (non-hydrogen) atoms. The monoisotopic (exact) mass is 510 g/mol. The number of hydrogen-bond donors (Lipinski definition) is 0. The summed E-state index contributed by atoms with van der Waals surface area (Å²) in [5, 5.41) is 0.434. The summed E-state index contributed by atoms with van der Waals surface area (Å²) in [7, 11) is 0.0447. The Morgan fingerprint density at radius 3 is 2.18 bits per heavy atom. The largest absolute Gasteiger partial charge is 0.493 e. The normalized spacial score (nSPS) is 14.4. The standard InChI is InChI=1S/C23H27ClN2O7S/c1-31-20-9-8-19(14-21(20)32-2)34(29,30)26(18-6-4-17(24)5-7-18)15-22(27)25-12-10-16(11-13-25)23(28)33-3/h4-9,14,16H,10-13,15H2,1-3H3. The maximum Gasteiger partial charge on any atom is 0.308 e. The summed E-state index contributed by atoms with van der Waals surface area (Å²) in [4.78, 5) is 26.4. The highest BCUT2D eigenvalue weighted by Crippen LogP contribution is 2.32. The summed E-state index contributed by atoms with van der Waals surface area (Å²) in [6, 6.07) is 10.4. The van der Waals surface area contributed by atoms with Crippen molar-refractivity contribution in [3.05, 3.63) is 47.5 Å². The molecule has 1 aliphatic heterocycles. The van der Waals surface area contributed by atoms with Crippen LogP contribution in [0.3, 0.4) is 0 Å². The van der Waals surface area contributed by atoms with Crippen LogP contribution in [-0.4, -0.2) is 66.2 Å². The summed E-state index contributed by atoms with van der Waals surface area (Å²) < 4.78 is 43.6. The molecule has 9 nitrogen and oxygen atoms in total. The Morgan fingerprint density at radius 1 is 1.00 bits per heavy atom. The number of rotatable bonds is 8. The molecule has 184 valence electrons. The highest BCUT2D eigenvalue weighted by Gasteiger charge is 2.32. The van der Waals surface area contributed by atoms with E-state index in [1.54, 1.807) is 17.0 Å². The molecule has 0 spiro atoms. The van der Waals surface area contributed by atoms with Crippen molar-refractivity contribution in [1.82, 2.24) is 4.90 Å². The van der Waals surface area contributed by atoms with Crippen molar-refractivity contribution in [3.8, 4) is 11.5 Å². The predicted octanol–water partition coefficient (Wildman–Crippen LogP) is 2.96. The Balaban J connectivity index is 1.90. The maximum absolute atomic E-state index is 13.6. The number of amides is 1. The number of sulfonamides is 1. The molecule has 0 aromatic heterocycles. The summed E-state index contributed by atoms with van der Waals surface area (Å²) in [6.07, 6.45) is 0.920. The second-order valence-corrected chi connectivity index (χ2v) is 9.98. The first-order valence-corrected chi connectivity index (χ1v) is 12.4. The van der Waals surface area contributed by atoms with E-state index in [1.807, 2.05) is 0 Å². The average molecular weight is 511 g/mol. The van der Waals surface area contributed by atoms with Gasteiger partial charge in [0.25, 0.3) is 10.0 Å². The Kier molecular flexibility index (Phi) is 8.27. The van der Waals surface area contributed by atoms with Crippen molar-refractivity contribution >= 4 is 39.2 Å². The first-order valence-electron chi connectivity index (χ1n) is 10.6. The van der Waals surface area contributed by atoms with Gasteiger partial charge >= 0.3 is 5.97 Å². The van der Waals surface area contributed by atoms with Gasteiger partial charge in [0.1, 0.15) is 6.54 Å². The minimum absolute atomic E-state index is 0.0581. The fraction of sp³-hybridized carbons (Fsp3) is 0.391. The van der Waals surface area contributed by atoms with Crippen molar-refractivity contribution in [1.29, 1.82) is 0 Å². The quantitative estimate of drug-likeness (QED) is 0.503. The zero-order chi connectivity index (χ0) is 24.9. The van der Waals surface area contributed by atoms with Crippen LogP contribution in [0, 0.1) is 5.92 Å². The fourth-order valence-electron chi connectivity index (χ4n) is 3.78. The number of carbonyl (C=O) groups is 2. The van der Waals surface area contributed by atoms with Crippen molar-refractivity contribution in [2.75, 3.05) is 45.3 Å². The van der Waals surface area contributed by atoms with Crippen LogP contribution in [0.4, 0.5) is 5.69 Å². The molecule has 11 heteroatoms. The third kappa shape index (κ3) is 5.56. The van der Waals surface area contributed by atoms with Gasteiger partial charge in [-0.3, -0.25) is 13.9 Å². The van der Waals surface area contributed by atoms with Crippen molar-refractivity contribution in [2.24, 2.45) is 5.92 Å². The van der Waals surface area contributed by atoms with E-state index < -0.39 is 16.6 Å². The van der Waals surface area contributed by atoms with Crippen LogP contribution < -0.4 is 13.8 Å². The molecule has 3 rings (SSSR count). The van der Waals surface area contributed by atoms with Gasteiger partial charge in [0.05, 0.1) is 37.8 Å². The molecule has 2 aromatic carbocycles. The lowest BCUT2D eigenvalue weighted by Gasteiger charge is -2.33. The van der Waals surface area contributed by atoms with E-state index in [1.165, 1.54) is 51.7 Å². The number of ether oxygens (including phenoxy) is 3. The molecule has 0 saturated carbocycles. The van der Waals surface area contributed by atoms with Gasteiger partial charge in [0.2, 0.25) is 5.91 Å². The molecular formula is C23H27ClN2O7S. The van der Waals surface area contributed by atoms with E-state index in [2.05, 4.69) is 0 Å². The SMILES string of the molecule is COC(=O)C1CCN(C(=O)CN(c2ccc(Cl)cc2)S(=O)(=O)c2ccc(OC)c(OC)c2)CC1. The number of likely N-dealkylation sites (tertiary alicyclic amines) is 1. The van der Waals surface area contributed by atoms with Crippen LogP contribution >= 0.6 is 11.6 Å². The molecule has 0 aliphatic carbocycles. The van der Waals surface area contributed by atoms with Gasteiger partial charge in [-0.2, -0.15) is 0 Å². The summed E-state index contributed by atoms with van der Waals surface area (Å²) in [5.41, 5.74) is 0.289. The number of anilines is 1. The number of halogens is 1. The number of methoxy groups -OCH3 is 3. The van der Waals surface area contributed by atoms with Gasteiger partial charge in [0.15, 0.2) is 11.5 Å². The number of benzene rings is 2. The number of piperidine rings is 1. The first-order chi connectivity index (χ1) is 16.2. The van der Waals surface area contributed by atoms with Crippen LogP contribution in [0.2, 0.25) is 5.02 Å². The van der Waals surface area contributed by atoms with Crippen LogP contribution in [-0.2, 0) is 24.3 Å². The molecule has 0 unspecified atom stereocenters. The Morgan fingerprint density at radius 2 is 1.62 bits per heavy atom. The van der Waals surface area contributed by atoms with Gasteiger partial charge in [-0.25, -0.2) is 8.42 Å². The third-order valence-corrected chi connectivity index (χ3v) is 7.74. The van der Waals surface area contributed by atoms with E-state index >= 15 is 0 Å². The highest BCUT2D eigenvalue weighted by molar-refractivity contribution is 7.92. The third-order valence-electron chi connectivity index (χ3n) is 5.72. The number of hydrogen-bond acceptors (Lipinski definition) is 7. The Bertz CT molecular complexity index is 1130. The molecule has 0 radical (unpaired) electrons. The lowest BCUT2D eigenvalue weighted by Crippen LogP contribution is -2.46. The summed E-state index contributed by atoms with van der Waals surface area (Å²) in [6.45, 7) is 0.258. The molecule has 1 amide bonds. The molecule has 1 aliphatic rings. The maximum atomic E-state index is 13.6. The molecule has 1 saturated heterocycles. The zero-order valence-corrected chi connectivity index (χ0v) is 20.8. The Labute approximate surface area is 204 Å². The second-order valence-electron chi connectivity index (χ2n) is 7.68. The second kappa shape index (κ2) is 11.0. The van der Waals surface area contributed by atoms with Crippen molar-refractivity contribution in [3.63, 3.8) is 0 Å². The summed E-state index contributed by atoms with van der Waals surface area (Å²) >= 11 is 5.99. The molecule has 0 bridgehead atoms. The van der Waals surface area contributed by atoms with Gasteiger partial charge in [0, 0.05) is 24.2 Å². The van der Waals surface area contributed by atoms with Crippen molar-refractivity contribution in [2.45, 2.75) is 17.7 Å². The lowest BCUT2D eigenvalue weighted by molar-refractivity contribution is -0.148. The molecule has 1 heterocycles. The van der Waals surface area contributed by atoms with E-state index in [4.69, 9.17) is 25.8 Å². The van der Waals surface area contributed by atoms with Gasteiger partial charge in [-0.05, 0) is 49.2 Å². The fourth-order valence-corrected chi connectivity index (χ4v) is 5.34. The molecule has 0 atom stereocenters. The highest BCUT2D eigenvalue weighted by atomic mass is 35.5. The van der Waals surface area contributed by atoms with E-state index in [-0.39, 0.29) is 34.1 Å². The van der Waals surface area contributed by atoms with E-state index in [0.717, 1.165) is 4.31 Å². The first kappa shape index (κ1) is 25.6. The van der Waals surface area contributed by atoms with Crippen LogP contribution in [0.25, 0.3) is 0 Å². The number of nitrogens with zero attached hydrogens (tertiary/aromatic N) is 2. The van der Waals surface area contributed by atoms with Gasteiger partial charge < -0.3 is 19.1 Å². The lowest BCUT2D eigenvalue weighted by atomic mass is 9.97. The molecule has 0 N–H and O–H groups in total. The Hall–Kier alpha value is -2.98.